The third kappa shape index (κ3) is 11.7. The second-order valence-electron chi connectivity index (χ2n) is 12.3. The predicted molar refractivity (Wildman–Crippen MR) is 195 cm³/mol. The summed E-state index contributed by atoms with van der Waals surface area (Å²) in [5.41, 5.74) is 0.677. The topological polar surface area (TPSA) is 287 Å². The quantitative estimate of drug-likeness (QED) is 0.0432. The van der Waals surface area contributed by atoms with Crippen LogP contribution in [0.1, 0.15) is 30.5 Å². The van der Waals surface area contributed by atoms with E-state index in [1.165, 1.54) is 86.6 Å². The van der Waals surface area contributed by atoms with E-state index < -0.39 is 80.8 Å². The molecule has 0 aromatic heterocycles. The highest BCUT2D eigenvalue weighted by Gasteiger charge is 2.59. The molecule has 1 aliphatic rings. The van der Waals surface area contributed by atoms with E-state index in [4.69, 9.17) is 18.9 Å². The van der Waals surface area contributed by atoms with Gasteiger partial charge in [0.25, 0.3) is 17.1 Å². The number of alkyl carbamates (subject to hydrolysis) is 1. The molecule has 1 aliphatic heterocycles. The molecule has 302 valence electrons. The number of nitrogens with zero attached hydrogens (tertiary/aromatic N) is 4. The lowest BCUT2D eigenvalue weighted by Gasteiger charge is -2.52. The number of carbonyl (C=O) groups excluding carboxylic acids is 5. The fraction of sp³-hybridized carbons (Fsp3) is 0.343. The van der Waals surface area contributed by atoms with E-state index in [1.54, 1.807) is 0 Å². The van der Waals surface area contributed by atoms with Crippen LogP contribution in [0.5, 0.6) is 0 Å². The van der Waals surface area contributed by atoms with Crippen molar-refractivity contribution in [2.75, 3.05) is 12.3 Å². The average Bonchev–Trinajstić information content (AvgIpc) is 3.17. The van der Waals surface area contributed by atoms with Crippen LogP contribution in [-0.4, -0.2) is 90.6 Å². The van der Waals surface area contributed by atoms with Gasteiger partial charge >= 0.3 is 18.2 Å². The maximum absolute atomic E-state index is 13.5. The van der Waals surface area contributed by atoms with Gasteiger partial charge in [-0.2, -0.15) is 0 Å². The fourth-order valence-electron chi connectivity index (χ4n) is 5.53. The van der Waals surface area contributed by atoms with Crippen LogP contribution >= 0.6 is 11.8 Å². The van der Waals surface area contributed by atoms with Gasteiger partial charge in [0.2, 0.25) is 12.1 Å². The van der Waals surface area contributed by atoms with Crippen molar-refractivity contribution in [1.29, 1.82) is 0 Å². The Morgan fingerprint density at radius 3 is 1.65 bits per heavy atom. The summed E-state index contributed by atoms with van der Waals surface area (Å²) in [7, 11) is 0. The second-order valence-corrected chi connectivity index (χ2v) is 13.5. The van der Waals surface area contributed by atoms with Crippen LogP contribution in [0, 0.1) is 36.3 Å². The van der Waals surface area contributed by atoms with Gasteiger partial charge in [-0.25, -0.2) is 14.4 Å². The molecular formula is C35H35N5O16S. The van der Waals surface area contributed by atoms with Crippen LogP contribution in [0.15, 0.2) is 72.8 Å². The van der Waals surface area contributed by atoms with Crippen molar-refractivity contribution in [3.8, 4) is 0 Å². The lowest BCUT2D eigenvalue weighted by Crippen LogP contribution is -2.72. The number of esters is 1. The van der Waals surface area contributed by atoms with Crippen molar-refractivity contribution < 1.29 is 62.8 Å². The SMILES string of the molecule is CC(=O)C(SCCNC(=O)OCc1ccc([N+](=O)[O-])cc1)[C@H]1[C@@H]([C@@H](C)OC(=O)OCc2ccc([N+](=O)[O-])cc2)C(=O)N1C(O)C(=O)OCc1ccc([N+](=O)[O-])cc1. The number of hydrogen-bond acceptors (Lipinski definition) is 17. The second kappa shape index (κ2) is 19.8. The molecule has 4 rings (SSSR count). The van der Waals surface area contributed by atoms with E-state index in [2.05, 4.69) is 5.32 Å². The highest BCUT2D eigenvalue weighted by atomic mass is 32.2. The monoisotopic (exact) mass is 813 g/mol. The van der Waals surface area contributed by atoms with E-state index in [0.717, 1.165) is 16.7 Å². The largest absolute Gasteiger partial charge is 0.508 e. The number of nitro groups is 3. The number of likely N-dealkylation sites (tertiary alicyclic amines) is 1. The maximum atomic E-state index is 13.5. The molecule has 0 bridgehead atoms. The Morgan fingerprint density at radius 1 is 0.772 bits per heavy atom. The molecule has 1 heterocycles. The number of aliphatic hydroxyl groups excluding tert-OH is 1. The van der Waals surface area contributed by atoms with Crippen molar-refractivity contribution >= 4 is 58.7 Å². The number of nitrogens with one attached hydrogen (secondary N) is 1. The van der Waals surface area contributed by atoms with Crippen molar-refractivity contribution in [2.45, 2.75) is 57.3 Å². The van der Waals surface area contributed by atoms with Gasteiger partial charge in [-0.05, 0) is 66.9 Å². The molecule has 21 nitrogen and oxygen atoms in total. The van der Waals surface area contributed by atoms with Gasteiger partial charge in [-0.1, -0.05) is 0 Å². The van der Waals surface area contributed by atoms with Gasteiger partial charge in [0, 0.05) is 48.7 Å². The lowest BCUT2D eigenvalue weighted by molar-refractivity contribution is -0.385. The van der Waals surface area contributed by atoms with E-state index in [1.807, 2.05) is 0 Å². The molecule has 2 N–H and O–H groups in total. The summed E-state index contributed by atoms with van der Waals surface area (Å²) >= 11 is 0.958. The first-order chi connectivity index (χ1) is 27.1. The van der Waals surface area contributed by atoms with E-state index in [-0.39, 0.29) is 42.6 Å². The maximum Gasteiger partial charge on any atom is 0.508 e. The summed E-state index contributed by atoms with van der Waals surface area (Å²) < 4.78 is 20.7. The first-order valence-electron chi connectivity index (χ1n) is 16.8. The van der Waals surface area contributed by atoms with E-state index in [9.17, 15) is 59.4 Å². The number of rotatable bonds is 19. The van der Waals surface area contributed by atoms with E-state index >= 15 is 0 Å². The molecule has 2 unspecified atom stereocenters. The standard InChI is InChI=1S/C35H35N5O16S/c1-20(41)30(57-16-15-36-34(45)54-18-23-5-11-26(12-6-23)39(49)50)29-28(21(2)56-35(46)55-19-24-7-13-27(14-8-24)40(51)52)31(42)37(29)32(43)33(44)53-17-22-3-9-25(10-4-22)38(47)48/h3-14,21,28-30,32,43H,15-19H2,1-2H3,(H,36,45)/t21-,28-,29-,30?,32?/m1/s1. The minimum absolute atomic E-state index is 0.0509. The van der Waals surface area contributed by atoms with Crippen molar-refractivity contribution in [3.63, 3.8) is 0 Å². The van der Waals surface area contributed by atoms with Crippen molar-refractivity contribution in [3.05, 3.63) is 120 Å². The third-order valence-corrected chi connectivity index (χ3v) is 9.83. The smallest absolute Gasteiger partial charge is 0.457 e. The molecular weight excluding hydrogens is 778 g/mol. The van der Waals surface area contributed by atoms with Crippen LogP contribution < -0.4 is 5.32 Å². The molecule has 0 saturated carbocycles. The molecule has 0 spiro atoms. The fourth-order valence-corrected chi connectivity index (χ4v) is 6.74. The van der Waals surface area contributed by atoms with Crippen molar-refractivity contribution in [1.82, 2.24) is 10.2 Å². The highest BCUT2D eigenvalue weighted by Crippen LogP contribution is 2.39. The van der Waals surface area contributed by atoms with Crippen LogP contribution in [0.2, 0.25) is 0 Å². The summed E-state index contributed by atoms with van der Waals surface area (Å²) in [6.45, 7) is 1.52. The zero-order chi connectivity index (χ0) is 41.8. The number of hydrogen-bond donors (Lipinski definition) is 2. The lowest BCUT2D eigenvalue weighted by atomic mass is 9.79. The van der Waals surface area contributed by atoms with Gasteiger partial charge < -0.3 is 34.3 Å². The van der Waals surface area contributed by atoms with Crippen LogP contribution in [-0.2, 0) is 53.2 Å². The first kappa shape index (κ1) is 43.1. The number of non-ortho nitro benzene ring substituents is 3. The Kier molecular flexibility index (Phi) is 14.9. The summed E-state index contributed by atoms with van der Waals surface area (Å²) in [5.74, 6) is -3.90. The molecule has 2 amide bonds. The Labute approximate surface area is 326 Å². The number of aliphatic hydroxyl groups is 1. The molecule has 0 radical (unpaired) electrons. The number of ketones is 1. The number of thioether (sulfide) groups is 1. The highest BCUT2D eigenvalue weighted by molar-refractivity contribution is 8.00. The van der Waals surface area contributed by atoms with Gasteiger partial charge in [-0.15, -0.1) is 11.8 Å². The molecule has 1 saturated heterocycles. The normalized spacial score (nSPS) is 16.2. The molecule has 22 heteroatoms. The number of nitro benzene ring substituents is 3. The Balaban J connectivity index is 1.41. The van der Waals surface area contributed by atoms with Gasteiger partial charge in [0.05, 0.1) is 32.0 Å². The molecule has 57 heavy (non-hydrogen) atoms. The number of β-lactam (4-membered cyclic amide) rings is 1. The Hall–Kier alpha value is -6.68. The zero-order valence-electron chi connectivity index (χ0n) is 30.1. The Morgan fingerprint density at radius 2 is 1.21 bits per heavy atom. The summed E-state index contributed by atoms with van der Waals surface area (Å²) in [5, 5.41) is 45.1. The van der Waals surface area contributed by atoms with Gasteiger partial charge in [-0.3, -0.25) is 39.9 Å². The number of benzene rings is 3. The third-order valence-electron chi connectivity index (χ3n) is 8.42. The average molecular weight is 814 g/mol. The predicted octanol–water partition coefficient (Wildman–Crippen LogP) is 3.96. The van der Waals surface area contributed by atoms with Crippen LogP contribution in [0.25, 0.3) is 0 Å². The molecule has 1 fully saturated rings. The van der Waals surface area contributed by atoms with Gasteiger partial charge in [0.1, 0.15) is 31.7 Å². The van der Waals surface area contributed by atoms with Crippen LogP contribution in [0.3, 0.4) is 0 Å². The summed E-state index contributed by atoms with van der Waals surface area (Å²) in [4.78, 5) is 96.1. The first-order valence-corrected chi connectivity index (χ1v) is 17.8. The molecule has 3 aromatic rings. The van der Waals surface area contributed by atoms with Gasteiger partial charge in [0.15, 0.2) is 0 Å². The summed E-state index contributed by atoms with van der Waals surface area (Å²) in [6, 6.07) is 14.3. The van der Waals surface area contributed by atoms with Crippen molar-refractivity contribution in [2.24, 2.45) is 5.92 Å². The molecule has 3 aromatic carbocycles. The minimum atomic E-state index is -2.23. The molecule has 5 atom stereocenters. The summed E-state index contributed by atoms with van der Waals surface area (Å²) in [6.07, 6.45) is -5.57. The number of carbonyl (C=O) groups is 5. The molecule has 0 aliphatic carbocycles. The van der Waals surface area contributed by atoms with E-state index in [0.29, 0.717) is 16.7 Å². The minimum Gasteiger partial charge on any atom is -0.457 e. The Bertz CT molecular complexity index is 1980. The van der Waals surface area contributed by atoms with Crippen LogP contribution in [0.4, 0.5) is 26.7 Å². The number of ether oxygens (including phenoxy) is 4. The zero-order valence-corrected chi connectivity index (χ0v) is 30.9. The number of Topliss-reactive ketones (excluding diaryl/α,β-unsaturated/α-hetero) is 1. The number of amides is 2.